The Hall–Kier alpha value is -0.120. The van der Waals surface area contributed by atoms with Gasteiger partial charge in [0, 0.05) is 25.8 Å². The van der Waals surface area contributed by atoms with E-state index in [1.807, 2.05) is 0 Å². The highest BCUT2D eigenvalue weighted by Crippen LogP contribution is 2.12. The minimum atomic E-state index is 0.244. The van der Waals surface area contributed by atoms with Gasteiger partial charge < -0.3 is 9.84 Å². The summed E-state index contributed by atoms with van der Waals surface area (Å²) in [6, 6.07) is 0.830. The lowest BCUT2D eigenvalue weighted by Gasteiger charge is -2.32. The fraction of sp³-hybridized carbons (Fsp3) is 1.00. The molecule has 15 heavy (non-hydrogen) atoms. The summed E-state index contributed by atoms with van der Waals surface area (Å²) >= 11 is 0. The molecule has 1 unspecified atom stereocenters. The third-order valence-electron chi connectivity index (χ3n) is 3.07. The fourth-order valence-corrected chi connectivity index (χ4v) is 1.87. The number of rotatable bonds is 9. The third-order valence-corrected chi connectivity index (χ3v) is 3.07. The lowest BCUT2D eigenvalue weighted by atomic mass is 10.1. The first-order valence-electron chi connectivity index (χ1n) is 5.99. The summed E-state index contributed by atoms with van der Waals surface area (Å²) in [6.45, 7) is 5.45. The highest BCUT2D eigenvalue weighted by molar-refractivity contribution is 4.73. The van der Waals surface area contributed by atoms with Crippen molar-refractivity contribution in [2.75, 3.05) is 27.4 Å². The second-order valence-electron chi connectivity index (χ2n) is 4.27. The molecule has 0 spiro atoms. The first kappa shape index (κ1) is 14.9. The molecule has 0 fully saturated rings. The van der Waals surface area contributed by atoms with E-state index in [0.717, 1.165) is 19.4 Å². The third kappa shape index (κ3) is 6.13. The molecule has 0 aliphatic heterocycles. The molecule has 0 aromatic carbocycles. The molecule has 0 aromatic heterocycles. The van der Waals surface area contributed by atoms with Gasteiger partial charge in [-0.1, -0.05) is 13.3 Å². The van der Waals surface area contributed by atoms with Gasteiger partial charge in [0.15, 0.2) is 0 Å². The van der Waals surface area contributed by atoms with Crippen LogP contribution in [-0.2, 0) is 4.74 Å². The summed E-state index contributed by atoms with van der Waals surface area (Å²) in [5.74, 6) is 0. The maximum atomic E-state index is 9.33. The van der Waals surface area contributed by atoms with Crippen molar-refractivity contribution in [2.45, 2.75) is 51.6 Å². The van der Waals surface area contributed by atoms with Crippen molar-refractivity contribution in [1.29, 1.82) is 0 Å². The predicted octanol–water partition coefficient (Wildman–Crippen LogP) is 1.89. The fourth-order valence-electron chi connectivity index (χ4n) is 1.87. The van der Waals surface area contributed by atoms with Gasteiger partial charge in [0.1, 0.15) is 0 Å². The molecule has 0 aromatic rings. The molecule has 0 aliphatic rings. The Morgan fingerprint density at radius 3 is 2.47 bits per heavy atom. The number of nitrogens with zero attached hydrogens (tertiary/aromatic N) is 1. The predicted molar refractivity (Wildman–Crippen MR) is 64.1 cm³/mol. The zero-order valence-electron chi connectivity index (χ0n) is 10.7. The molecule has 0 bridgehead atoms. The Bertz CT molecular complexity index is 142. The highest BCUT2D eigenvalue weighted by Gasteiger charge is 2.17. The Kier molecular flexibility index (Phi) is 9.06. The molecule has 0 amide bonds. The number of aliphatic hydroxyl groups excluding tert-OH is 1. The summed E-state index contributed by atoms with van der Waals surface area (Å²) in [5.41, 5.74) is 0. The van der Waals surface area contributed by atoms with Crippen molar-refractivity contribution >= 4 is 0 Å². The largest absolute Gasteiger partial charge is 0.395 e. The van der Waals surface area contributed by atoms with E-state index in [-0.39, 0.29) is 12.6 Å². The zero-order chi connectivity index (χ0) is 11.7. The standard InChI is InChI=1S/C12H27NO2/c1-5-7-11(2)13(3)12(10-14)8-6-9-15-4/h11-12,14H,5-10H2,1-4H3/t11-,12?/m0/s1. The summed E-state index contributed by atoms with van der Waals surface area (Å²) in [4.78, 5) is 2.29. The molecule has 3 heteroatoms. The van der Waals surface area contributed by atoms with E-state index in [2.05, 4.69) is 25.8 Å². The van der Waals surface area contributed by atoms with Gasteiger partial charge in [-0.15, -0.1) is 0 Å². The van der Waals surface area contributed by atoms with Crippen LogP contribution < -0.4 is 0 Å². The van der Waals surface area contributed by atoms with Crippen molar-refractivity contribution in [1.82, 2.24) is 4.90 Å². The van der Waals surface area contributed by atoms with E-state index in [4.69, 9.17) is 4.74 Å². The summed E-state index contributed by atoms with van der Waals surface area (Å²) in [6.07, 6.45) is 4.42. The van der Waals surface area contributed by atoms with E-state index < -0.39 is 0 Å². The number of hydrogen-bond donors (Lipinski definition) is 1. The van der Waals surface area contributed by atoms with Crippen LogP contribution in [0.2, 0.25) is 0 Å². The molecule has 0 saturated heterocycles. The molecule has 0 radical (unpaired) electrons. The van der Waals surface area contributed by atoms with Gasteiger partial charge in [-0.2, -0.15) is 0 Å². The number of methoxy groups -OCH3 is 1. The van der Waals surface area contributed by atoms with Crippen molar-refractivity contribution in [3.63, 3.8) is 0 Å². The van der Waals surface area contributed by atoms with E-state index in [1.165, 1.54) is 12.8 Å². The van der Waals surface area contributed by atoms with Crippen LogP contribution in [0.4, 0.5) is 0 Å². The smallest absolute Gasteiger partial charge is 0.0586 e. The zero-order valence-corrected chi connectivity index (χ0v) is 10.7. The summed E-state index contributed by atoms with van der Waals surface area (Å²) in [7, 11) is 3.82. The quantitative estimate of drug-likeness (QED) is 0.599. The molecular weight excluding hydrogens is 190 g/mol. The van der Waals surface area contributed by atoms with E-state index in [0.29, 0.717) is 6.04 Å². The molecule has 0 saturated carbocycles. The minimum Gasteiger partial charge on any atom is -0.395 e. The van der Waals surface area contributed by atoms with Crippen LogP contribution >= 0.6 is 0 Å². The average Bonchev–Trinajstić information content (AvgIpc) is 2.24. The van der Waals surface area contributed by atoms with Gasteiger partial charge in [-0.25, -0.2) is 0 Å². The van der Waals surface area contributed by atoms with Gasteiger partial charge in [0.2, 0.25) is 0 Å². The maximum absolute atomic E-state index is 9.33. The van der Waals surface area contributed by atoms with Crippen LogP contribution in [0.15, 0.2) is 0 Å². The van der Waals surface area contributed by atoms with Gasteiger partial charge in [-0.3, -0.25) is 4.90 Å². The van der Waals surface area contributed by atoms with Crippen LogP contribution in [0.25, 0.3) is 0 Å². The molecule has 2 atom stereocenters. The van der Waals surface area contributed by atoms with Crippen molar-refractivity contribution in [3.05, 3.63) is 0 Å². The number of hydrogen-bond acceptors (Lipinski definition) is 3. The van der Waals surface area contributed by atoms with Crippen LogP contribution in [0, 0.1) is 0 Å². The highest BCUT2D eigenvalue weighted by atomic mass is 16.5. The Labute approximate surface area is 94.4 Å². The molecule has 0 aliphatic carbocycles. The topological polar surface area (TPSA) is 32.7 Å². The molecule has 3 nitrogen and oxygen atoms in total. The molecule has 0 heterocycles. The van der Waals surface area contributed by atoms with Crippen LogP contribution in [-0.4, -0.2) is 49.5 Å². The van der Waals surface area contributed by atoms with Gasteiger partial charge in [-0.05, 0) is 33.2 Å². The van der Waals surface area contributed by atoms with E-state index in [1.54, 1.807) is 7.11 Å². The van der Waals surface area contributed by atoms with E-state index >= 15 is 0 Å². The van der Waals surface area contributed by atoms with Crippen molar-refractivity contribution in [2.24, 2.45) is 0 Å². The van der Waals surface area contributed by atoms with Crippen LogP contribution in [0.5, 0.6) is 0 Å². The lowest BCUT2D eigenvalue weighted by Crippen LogP contribution is -2.41. The molecule has 0 rings (SSSR count). The van der Waals surface area contributed by atoms with Crippen molar-refractivity contribution < 1.29 is 9.84 Å². The second-order valence-corrected chi connectivity index (χ2v) is 4.27. The van der Waals surface area contributed by atoms with Gasteiger partial charge in [0.25, 0.3) is 0 Å². The number of ether oxygens (including phenoxy) is 1. The lowest BCUT2D eigenvalue weighted by molar-refractivity contribution is 0.0943. The average molecular weight is 217 g/mol. The van der Waals surface area contributed by atoms with Crippen molar-refractivity contribution in [3.8, 4) is 0 Å². The van der Waals surface area contributed by atoms with E-state index in [9.17, 15) is 5.11 Å². The first-order chi connectivity index (χ1) is 7.17. The Balaban J connectivity index is 3.91. The van der Waals surface area contributed by atoms with Gasteiger partial charge >= 0.3 is 0 Å². The maximum Gasteiger partial charge on any atom is 0.0586 e. The first-order valence-corrected chi connectivity index (χ1v) is 5.99. The van der Waals surface area contributed by atoms with Crippen LogP contribution in [0.3, 0.4) is 0 Å². The molecule has 92 valence electrons. The summed E-state index contributed by atoms with van der Waals surface area (Å²) < 4.78 is 5.02. The molecule has 1 N–H and O–H groups in total. The monoisotopic (exact) mass is 217 g/mol. The SMILES string of the molecule is CCC[C@H](C)N(C)C(CO)CCCOC. The normalized spacial score (nSPS) is 15.6. The molecular formula is C12H27NO2. The number of likely N-dealkylation sites (N-methyl/N-ethyl adjacent to an activating group) is 1. The van der Waals surface area contributed by atoms with Crippen LogP contribution in [0.1, 0.15) is 39.5 Å². The Morgan fingerprint density at radius 2 is 2.00 bits per heavy atom. The number of aliphatic hydroxyl groups is 1. The van der Waals surface area contributed by atoms with Gasteiger partial charge in [0.05, 0.1) is 6.61 Å². The summed E-state index contributed by atoms with van der Waals surface area (Å²) in [5, 5.41) is 9.33. The Morgan fingerprint density at radius 1 is 1.33 bits per heavy atom. The second kappa shape index (κ2) is 9.13. The minimum absolute atomic E-state index is 0.244.